The van der Waals surface area contributed by atoms with E-state index in [-0.39, 0.29) is 31.1 Å². The van der Waals surface area contributed by atoms with Crippen molar-refractivity contribution < 1.29 is 19.4 Å². The van der Waals surface area contributed by atoms with E-state index in [2.05, 4.69) is 18.8 Å². The van der Waals surface area contributed by atoms with Crippen molar-refractivity contribution in [2.45, 2.75) is 46.4 Å². The second-order valence-electron chi connectivity index (χ2n) is 7.81. The van der Waals surface area contributed by atoms with Crippen LogP contribution in [-0.2, 0) is 11.3 Å². The molecule has 0 unspecified atom stereocenters. The van der Waals surface area contributed by atoms with Crippen molar-refractivity contribution in [3.63, 3.8) is 0 Å². The van der Waals surface area contributed by atoms with E-state index in [0.29, 0.717) is 11.1 Å². The van der Waals surface area contributed by atoms with Crippen molar-refractivity contribution in [3.05, 3.63) is 59.9 Å². The van der Waals surface area contributed by atoms with Crippen LogP contribution < -0.4 is 4.74 Å². The van der Waals surface area contributed by atoms with E-state index in [1.54, 1.807) is 18.5 Å². The zero-order chi connectivity index (χ0) is 21.8. The zero-order valence-corrected chi connectivity index (χ0v) is 17.7. The average Bonchev–Trinajstić information content (AvgIpc) is 3.11. The summed E-state index contributed by atoms with van der Waals surface area (Å²) in [5.74, 6) is -0.676. The molecule has 0 radical (unpaired) electrons. The Bertz CT molecular complexity index is 1040. The summed E-state index contributed by atoms with van der Waals surface area (Å²) in [5, 5.41) is 9.31. The first-order chi connectivity index (χ1) is 14.2. The molecule has 0 aliphatic rings. The fraction of sp³-hybridized carbons (Fsp3) is 0.348. The third kappa shape index (κ3) is 4.97. The molecule has 0 saturated heterocycles. The minimum absolute atomic E-state index is 0.0648. The van der Waals surface area contributed by atoms with Crippen molar-refractivity contribution in [2.24, 2.45) is 0 Å². The van der Waals surface area contributed by atoms with E-state index < -0.39 is 5.97 Å². The smallest absolute Gasteiger partial charge is 0.323 e. The predicted molar refractivity (Wildman–Crippen MR) is 115 cm³/mol. The third-order valence-corrected chi connectivity index (χ3v) is 4.66. The van der Waals surface area contributed by atoms with Gasteiger partial charge in [-0.25, -0.2) is 4.98 Å². The van der Waals surface area contributed by atoms with Crippen LogP contribution in [0.1, 0.15) is 49.7 Å². The van der Waals surface area contributed by atoms with Gasteiger partial charge in [-0.05, 0) is 63.6 Å². The lowest BCUT2D eigenvalue weighted by molar-refractivity contribution is -0.137. The third-order valence-electron chi connectivity index (χ3n) is 4.66. The van der Waals surface area contributed by atoms with E-state index in [1.807, 2.05) is 48.7 Å². The van der Waals surface area contributed by atoms with Gasteiger partial charge in [0.25, 0.3) is 5.91 Å². The van der Waals surface area contributed by atoms with Crippen LogP contribution in [0.2, 0.25) is 0 Å². The molecule has 0 saturated carbocycles. The normalized spacial score (nSPS) is 11.3. The topological polar surface area (TPSA) is 84.7 Å². The Morgan fingerprint density at radius 2 is 1.80 bits per heavy atom. The average molecular weight is 409 g/mol. The van der Waals surface area contributed by atoms with Crippen molar-refractivity contribution in [1.29, 1.82) is 0 Å². The van der Waals surface area contributed by atoms with E-state index in [4.69, 9.17) is 4.74 Å². The minimum atomic E-state index is -1.06. The number of imidazole rings is 1. The highest BCUT2D eigenvalue weighted by Crippen LogP contribution is 2.21. The SMILES string of the molecule is CC(C)Oc1ccc(CN(CC(=O)O)C(=O)c2ccc3c(c2)ncn3C(C)C)cc1. The molecule has 2 aromatic carbocycles. The second kappa shape index (κ2) is 8.98. The van der Waals surface area contributed by atoms with Gasteiger partial charge >= 0.3 is 5.97 Å². The maximum absolute atomic E-state index is 13.1. The van der Waals surface area contributed by atoms with Crippen molar-refractivity contribution in [2.75, 3.05) is 6.54 Å². The monoisotopic (exact) mass is 409 g/mol. The molecule has 3 rings (SSSR count). The van der Waals surface area contributed by atoms with Gasteiger partial charge in [0, 0.05) is 18.2 Å². The Labute approximate surface area is 175 Å². The van der Waals surface area contributed by atoms with Gasteiger partial charge in [0.05, 0.1) is 23.5 Å². The lowest BCUT2D eigenvalue weighted by Crippen LogP contribution is -2.35. The van der Waals surface area contributed by atoms with Gasteiger partial charge in [-0.1, -0.05) is 12.1 Å². The molecular formula is C23H27N3O4. The molecule has 0 aliphatic carbocycles. The van der Waals surface area contributed by atoms with Crippen molar-refractivity contribution in [1.82, 2.24) is 14.5 Å². The van der Waals surface area contributed by atoms with Crippen LogP contribution in [0, 0.1) is 0 Å². The molecule has 0 spiro atoms. The molecule has 158 valence electrons. The number of rotatable bonds is 8. The molecule has 0 atom stereocenters. The molecule has 3 aromatic rings. The number of hydrogen-bond acceptors (Lipinski definition) is 4. The summed E-state index contributed by atoms with van der Waals surface area (Å²) in [7, 11) is 0. The molecule has 1 N–H and O–H groups in total. The lowest BCUT2D eigenvalue weighted by Gasteiger charge is -2.21. The molecule has 7 heteroatoms. The summed E-state index contributed by atoms with van der Waals surface area (Å²) in [6, 6.07) is 12.9. The van der Waals surface area contributed by atoms with Gasteiger partial charge in [-0.2, -0.15) is 0 Å². The number of benzene rings is 2. The molecule has 30 heavy (non-hydrogen) atoms. The van der Waals surface area contributed by atoms with E-state index in [0.717, 1.165) is 16.8 Å². The quantitative estimate of drug-likeness (QED) is 0.605. The van der Waals surface area contributed by atoms with Crippen LogP contribution in [0.15, 0.2) is 48.8 Å². The Hall–Kier alpha value is -3.35. The van der Waals surface area contributed by atoms with E-state index in [1.165, 1.54) is 4.90 Å². The summed E-state index contributed by atoms with van der Waals surface area (Å²) < 4.78 is 7.66. The highest BCUT2D eigenvalue weighted by molar-refractivity contribution is 5.98. The maximum Gasteiger partial charge on any atom is 0.323 e. The fourth-order valence-electron chi connectivity index (χ4n) is 3.29. The minimum Gasteiger partial charge on any atom is -0.491 e. The highest BCUT2D eigenvalue weighted by atomic mass is 16.5. The Morgan fingerprint density at radius 1 is 1.10 bits per heavy atom. The molecule has 0 bridgehead atoms. The van der Waals surface area contributed by atoms with E-state index in [9.17, 15) is 14.7 Å². The van der Waals surface area contributed by atoms with Crippen LogP contribution in [0.4, 0.5) is 0 Å². The van der Waals surface area contributed by atoms with Crippen molar-refractivity contribution in [3.8, 4) is 5.75 Å². The zero-order valence-electron chi connectivity index (χ0n) is 17.7. The number of fused-ring (bicyclic) bond motifs is 1. The summed E-state index contributed by atoms with van der Waals surface area (Å²) in [6.45, 7) is 7.82. The van der Waals surface area contributed by atoms with Crippen LogP contribution in [-0.4, -0.2) is 44.1 Å². The Kier molecular flexibility index (Phi) is 6.40. The predicted octanol–water partition coefficient (Wildman–Crippen LogP) is 4.13. The number of aromatic nitrogens is 2. The maximum atomic E-state index is 13.1. The Morgan fingerprint density at radius 3 is 2.40 bits per heavy atom. The summed E-state index contributed by atoms with van der Waals surface area (Å²) in [5.41, 5.74) is 2.88. The number of ether oxygens (including phenoxy) is 1. The van der Waals surface area contributed by atoms with Crippen LogP contribution in [0.25, 0.3) is 11.0 Å². The first-order valence-electron chi connectivity index (χ1n) is 9.98. The number of amides is 1. The highest BCUT2D eigenvalue weighted by Gasteiger charge is 2.20. The number of aliphatic carboxylic acids is 1. The van der Waals surface area contributed by atoms with Crippen molar-refractivity contribution >= 4 is 22.9 Å². The first kappa shape index (κ1) is 21.4. The van der Waals surface area contributed by atoms with Gasteiger partial charge in [0.2, 0.25) is 0 Å². The first-order valence-corrected chi connectivity index (χ1v) is 9.98. The van der Waals surface area contributed by atoms with Gasteiger partial charge in [-0.15, -0.1) is 0 Å². The Balaban J connectivity index is 1.83. The van der Waals surface area contributed by atoms with Gasteiger partial charge < -0.3 is 19.3 Å². The molecule has 7 nitrogen and oxygen atoms in total. The standard InChI is InChI=1S/C23H27N3O4/c1-15(2)26-14-24-20-11-18(7-10-21(20)26)23(29)25(13-22(27)28)12-17-5-8-19(9-6-17)30-16(3)4/h5-11,14-16H,12-13H2,1-4H3,(H,27,28). The fourth-order valence-corrected chi connectivity index (χ4v) is 3.29. The van der Waals surface area contributed by atoms with Crippen LogP contribution >= 0.6 is 0 Å². The van der Waals surface area contributed by atoms with Gasteiger partial charge in [0.15, 0.2) is 0 Å². The number of hydrogen-bond donors (Lipinski definition) is 1. The number of carboxylic acids is 1. The summed E-state index contributed by atoms with van der Waals surface area (Å²) in [4.78, 5) is 30.2. The number of carboxylic acid groups (broad SMARTS) is 1. The number of carbonyl (C=O) groups excluding carboxylic acids is 1. The molecule has 1 aromatic heterocycles. The molecule has 1 heterocycles. The molecule has 0 fully saturated rings. The summed E-state index contributed by atoms with van der Waals surface area (Å²) >= 11 is 0. The molecular weight excluding hydrogens is 382 g/mol. The largest absolute Gasteiger partial charge is 0.491 e. The second-order valence-corrected chi connectivity index (χ2v) is 7.81. The lowest BCUT2D eigenvalue weighted by atomic mass is 10.1. The molecule has 1 amide bonds. The van der Waals surface area contributed by atoms with Crippen LogP contribution in [0.3, 0.4) is 0 Å². The van der Waals surface area contributed by atoms with E-state index >= 15 is 0 Å². The summed E-state index contributed by atoms with van der Waals surface area (Å²) in [6.07, 6.45) is 1.81. The number of carbonyl (C=O) groups is 2. The van der Waals surface area contributed by atoms with Crippen LogP contribution in [0.5, 0.6) is 5.75 Å². The van der Waals surface area contributed by atoms with Gasteiger partial charge in [0.1, 0.15) is 12.3 Å². The molecule has 0 aliphatic heterocycles. The number of nitrogens with zero attached hydrogens (tertiary/aromatic N) is 3. The van der Waals surface area contributed by atoms with Gasteiger partial charge in [-0.3, -0.25) is 9.59 Å².